The van der Waals surface area contributed by atoms with Gasteiger partial charge in [-0.2, -0.15) is 0 Å². The van der Waals surface area contributed by atoms with Crippen molar-refractivity contribution >= 4 is 6.03 Å². The Balaban J connectivity index is 3.19. The quantitative estimate of drug-likeness (QED) is 0.518. The summed E-state index contributed by atoms with van der Waals surface area (Å²) in [4.78, 5) is 17.0. The van der Waals surface area contributed by atoms with Crippen molar-refractivity contribution in [2.24, 2.45) is 0 Å². The Morgan fingerprint density at radius 1 is 1.05 bits per heavy atom. The van der Waals surface area contributed by atoms with Gasteiger partial charge in [0.2, 0.25) is 0 Å². The van der Waals surface area contributed by atoms with E-state index < -0.39 is 0 Å². The number of nitrogens with zero attached hydrogens (tertiary/aromatic N) is 2. The van der Waals surface area contributed by atoms with Crippen LogP contribution in [0.4, 0.5) is 4.79 Å². The molecule has 1 aliphatic rings. The van der Waals surface area contributed by atoms with Crippen LogP contribution in [0, 0.1) is 0 Å². The van der Waals surface area contributed by atoms with E-state index in [2.05, 4.69) is 67.2 Å². The van der Waals surface area contributed by atoms with E-state index in [4.69, 9.17) is 0 Å². The Bertz CT molecular complexity index is 426. The van der Waals surface area contributed by atoms with Crippen LogP contribution in [0.5, 0.6) is 0 Å². The largest absolute Gasteiger partial charge is 0.322 e. The Hall–Kier alpha value is -1.25. The highest BCUT2D eigenvalue weighted by Crippen LogP contribution is 2.36. The maximum Gasteiger partial charge on any atom is 0.322 e. The molecule has 0 bridgehead atoms. The molecule has 1 saturated heterocycles. The van der Waals surface area contributed by atoms with Crippen molar-refractivity contribution in [2.45, 2.75) is 90.9 Å². The second kappa shape index (κ2) is 6.89. The number of amides is 2. The zero-order valence-electron chi connectivity index (χ0n) is 15.5. The normalized spacial score (nSPS) is 23.7. The first-order valence-electron chi connectivity index (χ1n) is 8.47. The highest BCUT2D eigenvalue weighted by atomic mass is 16.2. The summed E-state index contributed by atoms with van der Waals surface area (Å²) in [5.74, 6) is 0. The van der Waals surface area contributed by atoms with Gasteiger partial charge in [0, 0.05) is 11.1 Å². The summed E-state index contributed by atoms with van der Waals surface area (Å²) >= 11 is 0. The highest BCUT2D eigenvalue weighted by molar-refractivity contribution is 5.80. The minimum Gasteiger partial charge on any atom is -0.311 e. The molecule has 3 nitrogen and oxygen atoms in total. The fourth-order valence-electron chi connectivity index (χ4n) is 3.15. The maximum atomic E-state index is 13.0. The minimum absolute atomic E-state index is 0.0181. The van der Waals surface area contributed by atoms with Crippen LogP contribution >= 0.6 is 0 Å². The summed E-state index contributed by atoms with van der Waals surface area (Å²) in [7, 11) is 0. The van der Waals surface area contributed by atoms with E-state index in [0.717, 1.165) is 6.42 Å². The van der Waals surface area contributed by atoms with Gasteiger partial charge in [-0.15, -0.1) is 6.58 Å². The lowest BCUT2D eigenvalue weighted by atomic mass is 9.98. The first-order valence-corrected chi connectivity index (χ1v) is 8.47. The van der Waals surface area contributed by atoms with Gasteiger partial charge in [0.05, 0.1) is 12.1 Å². The first kappa shape index (κ1) is 18.8. The molecule has 3 heteroatoms. The lowest BCUT2D eigenvalue weighted by Gasteiger charge is -2.36. The SMILES string of the molecule is C=C[C@@H]1[C@@H](/C=C/CCCC)N(C(C)(C)C)C(=O)N1C(C)(C)C. The van der Waals surface area contributed by atoms with Crippen molar-refractivity contribution in [1.29, 1.82) is 0 Å². The fraction of sp³-hybridized carbons (Fsp3) is 0.737. The molecule has 0 aromatic heterocycles. The fourth-order valence-corrected chi connectivity index (χ4v) is 3.15. The number of allylic oxidation sites excluding steroid dienone is 1. The Labute approximate surface area is 137 Å². The molecule has 0 unspecified atom stereocenters. The van der Waals surface area contributed by atoms with E-state index in [0.29, 0.717) is 0 Å². The topological polar surface area (TPSA) is 23.6 Å². The average Bonchev–Trinajstić information content (AvgIpc) is 2.66. The molecule has 0 aromatic rings. The van der Waals surface area contributed by atoms with Crippen LogP contribution in [-0.2, 0) is 0 Å². The van der Waals surface area contributed by atoms with Gasteiger partial charge in [0.1, 0.15) is 0 Å². The molecule has 22 heavy (non-hydrogen) atoms. The molecule has 1 rings (SSSR count). The summed E-state index contributed by atoms with van der Waals surface area (Å²) in [6.07, 6.45) is 9.80. The van der Waals surface area contributed by atoms with Crippen molar-refractivity contribution in [2.75, 3.05) is 0 Å². The van der Waals surface area contributed by atoms with Crippen molar-refractivity contribution in [3.05, 3.63) is 24.8 Å². The second-order valence-electron chi connectivity index (χ2n) is 8.15. The number of carbonyl (C=O) groups excluding carboxylic acids is 1. The molecule has 2 amide bonds. The molecule has 1 heterocycles. The first-order chi connectivity index (χ1) is 10.1. The molecule has 126 valence electrons. The predicted molar refractivity (Wildman–Crippen MR) is 95.0 cm³/mol. The zero-order valence-corrected chi connectivity index (χ0v) is 15.5. The molecule has 0 spiro atoms. The van der Waals surface area contributed by atoms with Gasteiger partial charge in [-0.3, -0.25) is 0 Å². The number of urea groups is 1. The molecule has 0 N–H and O–H groups in total. The van der Waals surface area contributed by atoms with Crippen LogP contribution in [0.3, 0.4) is 0 Å². The predicted octanol–water partition coefficient (Wildman–Crippen LogP) is 4.99. The molecule has 0 aliphatic carbocycles. The summed E-state index contributed by atoms with van der Waals surface area (Å²) in [6, 6.07) is 0.181. The van der Waals surface area contributed by atoms with Gasteiger partial charge < -0.3 is 9.80 Å². The van der Waals surface area contributed by atoms with Crippen LogP contribution < -0.4 is 0 Å². The minimum atomic E-state index is -0.217. The molecule has 2 atom stereocenters. The molecular formula is C19H34N2O. The summed E-state index contributed by atoms with van der Waals surface area (Å²) in [5, 5.41) is 0. The Kier molecular flexibility index (Phi) is 5.89. The molecular weight excluding hydrogens is 272 g/mol. The summed E-state index contributed by atoms with van der Waals surface area (Å²) < 4.78 is 0. The third kappa shape index (κ3) is 3.93. The monoisotopic (exact) mass is 306 g/mol. The maximum absolute atomic E-state index is 13.0. The average molecular weight is 306 g/mol. The molecule has 0 saturated carbocycles. The van der Waals surface area contributed by atoms with Gasteiger partial charge in [-0.1, -0.05) is 38.0 Å². The van der Waals surface area contributed by atoms with Crippen LogP contribution in [0.1, 0.15) is 67.7 Å². The third-order valence-electron chi connectivity index (χ3n) is 4.10. The zero-order chi connectivity index (χ0) is 17.1. The lowest BCUT2D eigenvalue weighted by Crippen LogP contribution is -2.50. The van der Waals surface area contributed by atoms with E-state index in [1.807, 2.05) is 15.9 Å². The summed E-state index contributed by atoms with van der Waals surface area (Å²) in [6.45, 7) is 18.8. The van der Waals surface area contributed by atoms with Crippen LogP contribution in [-0.4, -0.2) is 39.0 Å². The molecule has 1 fully saturated rings. The molecule has 1 aliphatic heterocycles. The smallest absolute Gasteiger partial charge is 0.311 e. The number of rotatable bonds is 5. The van der Waals surface area contributed by atoms with Crippen molar-refractivity contribution in [3.63, 3.8) is 0 Å². The Morgan fingerprint density at radius 3 is 1.95 bits per heavy atom. The molecule has 0 radical (unpaired) electrons. The third-order valence-corrected chi connectivity index (χ3v) is 4.10. The van der Waals surface area contributed by atoms with E-state index in [1.165, 1.54) is 12.8 Å². The van der Waals surface area contributed by atoms with Gasteiger partial charge >= 0.3 is 6.03 Å². The number of hydrogen-bond acceptors (Lipinski definition) is 1. The van der Waals surface area contributed by atoms with Gasteiger partial charge in [0.15, 0.2) is 0 Å². The molecule has 0 aromatic carbocycles. The number of hydrogen-bond donors (Lipinski definition) is 0. The van der Waals surface area contributed by atoms with Gasteiger partial charge in [-0.25, -0.2) is 4.79 Å². The van der Waals surface area contributed by atoms with Crippen LogP contribution in [0.2, 0.25) is 0 Å². The highest BCUT2D eigenvalue weighted by Gasteiger charge is 2.50. The lowest BCUT2D eigenvalue weighted by molar-refractivity contribution is 0.126. The van der Waals surface area contributed by atoms with Gasteiger partial charge in [-0.05, 0) is 48.0 Å². The second-order valence-corrected chi connectivity index (χ2v) is 8.15. The van der Waals surface area contributed by atoms with Crippen molar-refractivity contribution in [3.8, 4) is 0 Å². The number of carbonyl (C=O) groups is 1. The van der Waals surface area contributed by atoms with Crippen molar-refractivity contribution in [1.82, 2.24) is 9.80 Å². The van der Waals surface area contributed by atoms with Crippen molar-refractivity contribution < 1.29 is 4.79 Å². The standard InChI is InChI=1S/C19H34N2O/c1-9-11-12-13-14-16-15(10-2)20(18(3,4)5)17(22)21(16)19(6,7)8/h10,13-16H,2,9,11-12H2,1,3-8H3/b14-13+/t15-,16-/m1/s1. The van der Waals surface area contributed by atoms with Gasteiger partial charge in [0.25, 0.3) is 0 Å². The van der Waals surface area contributed by atoms with E-state index in [9.17, 15) is 4.79 Å². The van der Waals surface area contributed by atoms with Crippen LogP contribution in [0.15, 0.2) is 24.8 Å². The summed E-state index contributed by atoms with van der Waals surface area (Å²) in [5.41, 5.74) is -0.427. The van der Waals surface area contributed by atoms with E-state index in [-0.39, 0.29) is 29.2 Å². The van der Waals surface area contributed by atoms with E-state index in [1.54, 1.807) is 0 Å². The van der Waals surface area contributed by atoms with E-state index >= 15 is 0 Å². The number of unbranched alkanes of at least 4 members (excludes halogenated alkanes) is 2. The van der Waals surface area contributed by atoms with Crippen LogP contribution in [0.25, 0.3) is 0 Å². The Morgan fingerprint density at radius 2 is 1.55 bits per heavy atom.